The Kier molecular flexibility index (Phi) is 7.37. The van der Waals surface area contributed by atoms with Crippen molar-refractivity contribution in [3.8, 4) is 0 Å². The zero-order valence-electron chi connectivity index (χ0n) is 14.6. The van der Waals surface area contributed by atoms with Crippen molar-refractivity contribution in [3.63, 3.8) is 0 Å². The van der Waals surface area contributed by atoms with Gasteiger partial charge in [0.1, 0.15) is 0 Å². The molecule has 2 rings (SSSR count). The van der Waals surface area contributed by atoms with Gasteiger partial charge in [-0.2, -0.15) is 11.8 Å². The van der Waals surface area contributed by atoms with Crippen LogP contribution in [0.1, 0.15) is 15.9 Å². The fourth-order valence-corrected chi connectivity index (χ4v) is 3.81. The summed E-state index contributed by atoms with van der Waals surface area (Å²) < 4.78 is 24.4. The van der Waals surface area contributed by atoms with Crippen molar-refractivity contribution < 1.29 is 13.2 Å². The third kappa shape index (κ3) is 5.93. The largest absolute Gasteiger partial charge is 0.351 e. The van der Waals surface area contributed by atoms with E-state index in [1.54, 1.807) is 36.0 Å². The van der Waals surface area contributed by atoms with E-state index < -0.39 is 10.0 Å². The zero-order chi connectivity index (χ0) is 19.2. The van der Waals surface area contributed by atoms with Gasteiger partial charge in [0.05, 0.1) is 11.9 Å². The molecule has 2 aromatic rings. The quantitative estimate of drug-likeness (QED) is 0.675. The number of sulfonamides is 1. The van der Waals surface area contributed by atoms with Crippen LogP contribution in [0.5, 0.6) is 0 Å². The topological polar surface area (TPSA) is 66.5 Å². The third-order valence-corrected chi connectivity index (χ3v) is 6.30. The summed E-state index contributed by atoms with van der Waals surface area (Å²) in [4.78, 5) is 12.2. The van der Waals surface area contributed by atoms with Crippen LogP contribution in [0.2, 0.25) is 5.02 Å². The first-order chi connectivity index (χ1) is 12.3. The molecule has 2 aromatic carbocycles. The number of carbonyl (C=O) groups excluding carboxylic acids is 1. The van der Waals surface area contributed by atoms with E-state index in [2.05, 4.69) is 5.32 Å². The average Bonchev–Trinajstić information content (AvgIpc) is 2.61. The van der Waals surface area contributed by atoms with Crippen molar-refractivity contribution in [1.82, 2.24) is 5.32 Å². The van der Waals surface area contributed by atoms with E-state index >= 15 is 0 Å². The smallest absolute Gasteiger partial charge is 0.251 e. The molecule has 0 aromatic heterocycles. The SMILES string of the molecule is CN(c1cccc(C(=O)NCCSCc2ccccc2Cl)c1)S(C)(=O)=O. The second kappa shape index (κ2) is 9.30. The van der Waals surface area contributed by atoms with E-state index in [4.69, 9.17) is 11.6 Å². The van der Waals surface area contributed by atoms with Crippen LogP contribution in [0, 0.1) is 0 Å². The van der Waals surface area contributed by atoms with Crippen LogP contribution in [0.15, 0.2) is 48.5 Å². The molecule has 0 saturated heterocycles. The molecule has 0 bridgehead atoms. The molecule has 1 N–H and O–H groups in total. The van der Waals surface area contributed by atoms with Crippen LogP contribution in [-0.2, 0) is 15.8 Å². The van der Waals surface area contributed by atoms with E-state index in [1.165, 1.54) is 7.05 Å². The number of halogens is 1. The Morgan fingerprint density at radius 1 is 1.19 bits per heavy atom. The lowest BCUT2D eigenvalue weighted by atomic mass is 10.2. The van der Waals surface area contributed by atoms with Crippen LogP contribution in [-0.4, -0.2) is 39.9 Å². The highest BCUT2D eigenvalue weighted by Crippen LogP contribution is 2.20. The Morgan fingerprint density at radius 3 is 2.62 bits per heavy atom. The third-order valence-electron chi connectivity index (χ3n) is 3.72. The highest BCUT2D eigenvalue weighted by molar-refractivity contribution is 7.98. The van der Waals surface area contributed by atoms with Crippen molar-refractivity contribution in [3.05, 3.63) is 64.7 Å². The van der Waals surface area contributed by atoms with Gasteiger partial charge in [-0.15, -0.1) is 0 Å². The van der Waals surface area contributed by atoms with Gasteiger partial charge in [-0.25, -0.2) is 8.42 Å². The van der Waals surface area contributed by atoms with Crippen LogP contribution in [0.3, 0.4) is 0 Å². The number of benzene rings is 2. The van der Waals surface area contributed by atoms with Gasteiger partial charge >= 0.3 is 0 Å². The average molecular weight is 413 g/mol. The summed E-state index contributed by atoms with van der Waals surface area (Å²) in [5, 5.41) is 3.59. The summed E-state index contributed by atoms with van der Waals surface area (Å²) in [6.07, 6.45) is 1.12. The maximum atomic E-state index is 12.2. The number of hydrogen-bond donors (Lipinski definition) is 1. The minimum absolute atomic E-state index is 0.230. The van der Waals surface area contributed by atoms with E-state index in [0.717, 1.165) is 32.7 Å². The standard InChI is InChI=1S/C18H21ClN2O3S2/c1-21(26(2,23)24)16-8-5-7-14(12-16)18(22)20-10-11-25-13-15-6-3-4-9-17(15)19/h3-9,12H,10-11,13H2,1-2H3,(H,20,22). The Hall–Kier alpha value is -1.70. The normalized spacial score (nSPS) is 11.2. The number of hydrogen-bond acceptors (Lipinski definition) is 4. The molecule has 1 amide bonds. The molecular formula is C18H21ClN2O3S2. The molecule has 0 aliphatic rings. The molecule has 140 valence electrons. The number of amides is 1. The first-order valence-electron chi connectivity index (χ1n) is 7.92. The van der Waals surface area contributed by atoms with E-state index in [0.29, 0.717) is 17.8 Å². The lowest BCUT2D eigenvalue weighted by Gasteiger charge is -2.17. The molecule has 0 radical (unpaired) electrons. The number of nitrogens with one attached hydrogen (secondary N) is 1. The Labute approximate surface area is 163 Å². The summed E-state index contributed by atoms with van der Waals surface area (Å²) in [6, 6.07) is 14.2. The fraction of sp³-hybridized carbons (Fsp3) is 0.278. The maximum Gasteiger partial charge on any atom is 0.251 e. The van der Waals surface area contributed by atoms with Crippen molar-refractivity contribution >= 4 is 45.0 Å². The molecule has 0 unspecified atom stereocenters. The lowest BCUT2D eigenvalue weighted by Crippen LogP contribution is -2.27. The predicted molar refractivity (Wildman–Crippen MR) is 110 cm³/mol. The number of rotatable bonds is 8. The second-order valence-corrected chi connectivity index (χ2v) is 9.21. The Bertz CT molecular complexity index is 872. The summed E-state index contributed by atoms with van der Waals surface area (Å²) in [7, 11) is -1.91. The number of nitrogens with zero attached hydrogens (tertiary/aromatic N) is 1. The van der Waals surface area contributed by atoms with Crippen LogP contribution < -0.4 is 9.62 Å². The summed E-state index contributed by atoms with van der Waals surface area (Å²) in [5.41, 5.74) is 1.95. The predicted octanol–water partition coefficient (Wildman–Crippen LogP) is 3.40. The van der Waals surface area contributed by atoms with Crippen molar-refractivity contribution in [1.29, 1.82) is 0 Å². The van der Waals surface area contributed by atoms with Gasteiger partial charge in [0.25, 0.3) is 5.91 Å². The number of anilines is 1. The van der Waals surface area contributed by atoms with Crippen molar-refractivity contribution in [2.75, 3.05) is 29.9 Å². The van der Waals surface area contributed by atoms with Gasteiger partial charge in [0.15, 0.2) is 0 Å². The van der Waals surface area contributed by atoms with Gasteiger partial charge in [-0.05, 0) is 29.8 Å². The second-order valence-electron chi connectivity index (χ2n) is 5.68. The number of carbonyl (C=O) groups is 1. The Morgan fingerprint density at radius 2 is 1.92 bits per heavy atom. The molecule has 5 nitrogen and oxygen atoms in total. The molecule has 0 aliphatic heterocycles. The summed E-state index contributed by atoms with van der Waals surface area (Å²) in [6.45, 7) is 0.514. The summed E-state index contributed by atoms with van der Waals surface area (Å²) in [5.74, 6) is 1.30. The molecule has 0 aliphatic carbocycles. The molecule has 0 spiro atoms. The molecule has 0 heterocycles. The lowest BCUT2D eigenvalue weighted by molar-refractivity contribution is 0.0956. The van der Waals surface area contributed by atoms with Crippen LogP contribution in [0.25, 0.3) is 0 Å². The molecule has 0 atom stereocenters. The van der Waals surface area contributed by atoms with Gasteiger partial charge in [0.2, 0.25) is 10.0 Å². The first-order valence-corrected chi connectivity index (χ1v) is 11.3. The van der Waals surface area contributed by atoms with Gasteiger partial charge in [-0.1, -0.05) is 35.9 Å². The minimum Gasteiger partial charge on any atom is -0.351 e. The highest BCUT2D eigenvalue weighted by atomic mass is 35.5. The summed E-state index contributed by atoms with van der Waals surface area (Å²) >= 11 is 7.79. The zero-order valence-corrected chi connectivity index (χ0v) is 17.0. The Balaban J connectivity index is 1.84. The molecule has 8 heteroatoms. The van der Waals surface area contributed by atoms with Crippen LogP contribution >= 0.6 is 23.4 Å². The fourth-order valence-electron chi connectivity index (χ4n) is 2.17. The van der Waals surface area contributed by atoms with Crippen molar-refractivity contribution in [2.45, 2.75) is 5.75 Å². The van der Waals surface area contributed by atoms with E-state index in [9.17, 15) is 13.2 Å². The van der Waals surface area contributed by atoms with E-state index in [1.807, 2.05) is 24.3 Å². The van der Waals surface area contributed by atoms with Gasteiger partial charge in [-0.3, -0.25) is 9.10 Å². The number of thioether (sulfide) groups is 1. The van der Waals surface area contributed by atoms with Crippen LogP contribution in [0.4, 0.5) is 5.69 Å². The molecule has 0 saturated carbocycles. The first kappa shape index (κ1) is 20.6. The molecular weight excluding hydrogens is 392 g/mol. The molecule has 26 heavy (non-hydrogen) atoms. The monoisotopic (exact) mass is 412 g/mol. The van der Waals surface area contributed by atoms with Gasteiger partial charge in [0, 0.05) is 35.7 Å². The van der Waals surface area contributed by atoms with Crippen molar-refractivity contribution in [2.24, 2.45) is 0 Å². The van der Waals surface area contributed by atoms with Gasteiger partial charge < -0.3 is 5.32 Å². The van der Waals surface area contributed by atoms with E-state index in [-0.39, 0.29) is 5.91 Å². The highest BCUT2D eigenvalue weighted by Gasteiger charge is 2.14. The molecule has 0 fully saturated rings. The maximum absolute atomic E-state index is 12.2. The minimum atomic E-state index is -3.37.